The summed E-state index contributed by atoms with van der Waals surface area (Å²) in [6, 6.07) is 8.11. The van der Waals surface area contributed by atoms with Crippen molar-refractivity contribution in [2.45, 2.75) is 38.3 Å². The van der Waals surface area contributed by atoms with Gasteiger partial charge in [-0.1, -0.05) is 50.7 Å². The lowest BCUT2D eigenvalue weighted by Crippen LogP contribution is -2.07. The molecule has 0 bridgehead atoms. The molecule has 2 rings (SSSR count). The van der Waals surface area contributed by atoms with Crippen LogP contribution in [0.5, 0.6) is 0 Å². The van der Waals surface area contributed by atoms with Gasteiger partial charge in [0.1, 0.15) is 5.82 Å². The van der Waals surface area contributed by atoms with Crippen LogP contribution >= 0.6 is 11.8 Å². The van der Waals surface area contributed by atoms with Gasteiger partial charge in [0.05, 0.1) is 11.4 Å². The van der Waals surface area contributed by atoms with E-state index in [0.29, 0.717) is 11.1 Å². The van der Waals surface area contributed by atoms with Crippen LogP contribution in [-0.4, -0.2) is 31.6 Å². The number of carboxylic acids is 1. The summed E-state index contributed by atoms with van der Waals surface area (Å²) in [7, 11) is 0. The van der Waals surface area contributed by atoms with E-state index >= 15 is 0 Å². The number of carboxylic acid groups (broad SMARTS) is 1. The second kappa shape index (κ2) is 6.76. The third kappa shape index (κ3) is 3.44. The molecule has 0 aliphatic heterocycles. The topological polar surface area (TPSA) is 68.0 Å². The van der Waals surface area contributed by atoms with Crippen LogP contribution in [0.25, 0.3) is 5.69 Å². The average molecular weight is 305 g/mol. The molecule has 1 N–H and O–H groups in total. The summed E-state index contributed by atoms with van der Waals surface area (Å²) in [5, 5.41) is 17.8. The van der Waals surface area contributed by atoms with E-state index in [-0.39, 0.29) is 5.75 Å². The lowest BCUT2D eigenvalue weighted by molar-refractivity contribution is -0.133. The standard InChI is InChI=1S/C15H19N3O2S/c1-4-13-16-17-15(21-9-14(19)20)18(13)12-8-6-5-7-11(12)10(2)3/h5-8,10H,4,9H2,1-3H3,(H,19,20). The van der Waals surface area contributed by atoms with Gasteiger partial charge in [0.2, 0.25) is 0 Å². The lowest BCUT2D eigenvalue weighted by Gasteiger charge is -2.16. The highest BCUT2D eigenvalue weighted by Gasteiger charge is 2.17. The Morgan fingerprint density at radius 1 is 1.33 bits per heavy atom. The fraction of sp³-hybridized carbons (Fsp3) is 0.400. The molecule has 0 saturated carbocycles. The van der Waals surface area contributed by atoms with Crippen molar-refractivity contribution in [3.8, 4) is 5.69 Å². The van der Waals surface area contributed by atoms with Gasteiger partial charge in [0.25, 0.3) is 0 Å². The quantitative estimate of drug-likeness (QED) is 0.830. The van der Waals surface area contributed by atoms with Crippen molar-refractivity contribution in [1.29, 1.82) is 0 Å². The van der Waals surface area contributed by atoms with Crippen LogP contribution in [-0.2, 0) is 11.2 Å². The molecule has 0 aliphatic carbocycles. The number of carbonyl (C=O) groups is 1. The van der Waals surface area contributed by atoms with Gasteiger partial charge in [-0.3, -0.25) is 9.36 Å². The van der Waals surface area contributed by atoms with E-state index in [1.807, 2.05) is 29.7 Å². The summed E-state index contributed by atoms with van der Waals surface area (Å²) in [6.45, 7) is 6.29. The van der Waals surface area contributed by atoms with Crippen LogP contribution in [0.3, 0.4) is 0 Å². The monoisotopic (exact) mass is 305 g/mol. The highest BCUT2D eigenvalue weighted by molar-refractivity contribution is 7.99. The Labute approximate surface area is 128 Å². The number of rotatable bonds is 6. The maximum atomic E-state index is 10.8. The number of hydrogen-bond donors (Lipinski definition) is 1. The molecule has 0 aliphatic rings. The van der Waals surface area contributed by atoms with Crippen LogP contribution < -0.4 is 0 Å². The largest absolute Gasteiger partial charge is 0.481 e. The van der Waals surface area contributed by atoms with E-state index < -0.39 is 5.97 Å². The molecule has 21 heavy (non-hydrogen) atoms. The molecule has 0 amide bonds. The minimum Gasteiger partial charge on any atom is -0.481 e. The summed E-state index contributed by atoms with van der Waals surface area (Å²) in [5.41, 5.74) is 2.23. The summed E-state index contributed by atoms with van der Waals surface area (Å²) in [4.78, 5) is 10.8. The van der Waals surface area contributed by atoms with E-state index in [4.69, 9.17) is 5.11 Å². The number of hydrogen-bond acceptors (Lipinski definition) is 4. The van der Waals surface area contributed by atoms with E-state index in [9.17, 15) is 4.79 Å². The second-order valence-corrected chi connectivity index (χ2v) is 5.93. The number of benzene rings is 1. The molecule has 0 atom stereocenters. The number of aryl methyl sites for hydroxylation is 1. The zero-order valence-electron chi connectivity index (χ0n) is 12.4. The van der Waals surface area contributed by atoms with Crippen molar-refractivity contribution in [3.05, 3.63) is 35.7 Å². The Hall–Kier alpha value is -1.82. The lowest BCUT2D eigenvalue weighted by atomic mass is 10.0. The molecule has 2 aromatic rings. The van der Waals surface area contributed by atoms with Gasteiger partial charge in [-0.15, -0.1) is 10.2 Å². The van der Waals surface area contributed by atoms with Crippen molar-refractivity contribution < 1.29 is 9.90 Å². The molecular formula is C15H19N3O2S. The third-order valence-electron chi connectivity index (χ3n) is 3.14. The van der Waals surface area contributed by atoms with Gasteiger partial charge in [-0.25, -0.2) is 0 Å². The molecule has 1 heterocycles. The molecule has 5 nitrogen and oxygen atoms in total. The van der Waals surface area contributed by atoms with Crippen LogP contribution in [0, 0.1) is 0 Å². The molecule has 6 heteroatoms. The number of aromatic nitrogens is 3. The number of para-hydroxylation sites is 1. The zero-order chi connectivity index (χ0) is 15.4. The van der Waals surface area contributed by atoms with Crippen molar-refractivity contribution >= 4 is 17.7 Å². The van der Waals surface area contributed by atoms with Gasteiger partial charge in [-0.2, -0.15) is 0 Å². The van der Waals surface area contributed by atoms with Crippen molar-refractivity contribution in [3.63, 3.8) is 0 Å². The molecular weight excluding hydrogens is 286 g/mol. The number of nitrogens with zero attached hydrogens (tertiary/aromatic N) is 3. The van der Waals surface area contributed by atoms with Gasteiger partial charge in [0, 0.05) is 6.42 Å². The van der Waals surface area contributed by atoms with E-state index in [1.54, 1.807) is 0 Å². The molecule has 1 aromatic heterocycles. The summed E-state index contributed by atoms with van der Waals surface area (Å²) < 4.78 is 1.98. The number of thioether (sulfide) groups is 1. The first kappa shape index (κ1) is 15.6. The summed E-state index contributed by atoms with van der Waals surface area (Å²) >= 11 is 1.20. The Balaban J connectivity index is 2.51. The van der Waals surface area contributed by atoms with Crippen LogP contribution in [0.15, 0.2) is 29.4 Å². The molecule has 0 unspecified atom stereocenters. The number of aliphatic carboxylic acids is 1. The van der Waals surface area contributed by atoms with Crippen molar-refractivity contribution in [2.24, 2.45) is 0 Å². The molecule has 0 fully saturated rings. The summed E-state index contributed by atoms with van der Waals surface area (Å²) in [6.07, 6.45) is 0.743. The molecule has 0 saturated heterocycles. The third-order valence-corrected chi connectivity index (χ3v) is 4.05. The Bertz CT molecular complexity index is 638. The maximum Gasteiger partial charge on any atom is 0.313 e. The zero-order valence-corrected chi connectivity index (χ0v) is 13.2. The maximum absolute atomic E-state index is 10.8. The average Bonchev–Trinajstić information content (AvgIpc) is 2.87. The first-order valence-corrected chi connectivity index (χ1v) is 7.91. The van der Waals surface area contributed by atoms with E-state index in [2.05, 4.69) is 30.1 Å². The van der Waals surface area contributed by atoms with E-state index in [1.165, 1.54) is 17.3 Å². The Kier molecular flexibility index (Phi) is 5.01. The normalized spacial score (nSPS) is 11.0. The fourth-order valence-corrected chi connectivity index (χ4v) is 2.85. The van der Waals surface area contributed by atoms with Crippen molar-refractivity contribution in [1.82, 2.24) is 14.8 Å². The summed E-state index contributed by atoms with van der Waals surface area (Å²) in [5.74, 6) is 0.331. The van der Waals surface area contributed by atoms with E-state index in [0.717, 1.165) is 17.9 Å². The van der Waals surface area contributed by atoms with Crippen LogP contribution in [0.2, 0.25) is 0 Å². The Morgan fingerprint density at radius 3 is 2.67 bits per heavy atom. The van der Waals surface area contributed by atoms with Crippen molar-refractivity contribution in [2.75, 3.05) is 5.75 Å². The predicted octanol–water partition coefficient (Wildman–Crippen LogP) is 3.13. The molecule has 0 radical (unpaired) electrons. The minimum absolute atomic E-state index is 0.0221. The van der Waals surface area contributed by atoms with Gasteiger partial charge in [0.15, 0.2) is 5.16 Å². The van der Waals surface area contributed by atoms with Crippen LogP contribution in [0.1, 0.15) is 38.1 Å². The Morgan fingerprint density at radius 2 is 2.05 bits per heavy atom. The molecule has 0 spiro atoms. The highest BCUT2D eigenvalue weighted by atomic mass is 32.2. The SMILES string of the molecule is CCc1nnc(SCC(=O)O)n1-c1ccccc1C(C)C. The fourth-order valence-electron chi connectivity index (χ4n) is 2.17. The highest BCUT2D eigenvalue weighted by Crippen LogP contribution is 2.28. The molecule has 112 valence electrons. The van der Waals surface area contributed by atoms with Gasteiger partial charge >= 0.3 is 5.97 Å². The first-order chi connectivity index (χ1) is 10.0. The molecule has 1 aromatic carbocycles. The second-order valence-electron chi connectivity index (χ2n) is 4.98. The first-order valence-electron chi connectivity index (χ1n) is 6.92. The van der Waals surface area contributed by atoms with Gasteiger partial charge < -0.3 is 5.11 Å². The minimum atomic E-state index is -0.857. The van der Waals surface area contributed by atoms with Crippen LogP contribution in [0.4, 0.5) is 0 Å². The smallest absolute Gasteiger partial charge is 0.313 e. The predicted molar refractivity (Wildman–Crippen MR) is 83.2 cm³/mol. The van der Waals surface area contributed by atoms with Gasteiger partial charge in [-0.05, 0) is 17.5 Å².